The number of pyridine rings is 1. The largest absolute Gasteiger partial charge is 0.336 e. The Balaban J connectivity index is 1.38. The molecule has 2 aromatic rings. The van der Waals surface area contributed by atoms with Gasteiger partial charge in [0.2, 0.25) is 0 Å². The molecule has 1 N–H and O–H groups in total. The van der Waals surface area contributed by atoms with Crippen molar-refractivity contribution in [2.75, 3.05) is 44.2 Å². The van der Waals surface area contributed by atoms with Gasteiger partial charge in [0.05, 0.1) is 5.69 Å². The van der Waals surface area contributed by atoms with Crippen LogP contribution in [0.2, 0.25) is 0 Å². The third-order valence-electron chi connectivity index (χ3n) is 5.41. The van der Waals surface area contributed by atoms with E-state index in [1.54, 1.807) is 4.90 Å². The molecule has 0 radical (unpaired) electrons. The molecule has 2 fully saturated rings. The molecule has 0 aliphatic carbocycles. The van der Waals surface area contributed by atoms with Gasteiger partial charge in [-0.1, -0.05) is 12.1 Å². The van der Waals surface area contributed by atoms with Crippen molar-refractivity contribution in [2.45, 2.75) is 13.5 Å². The van der Waals surface area contributed by atoms with Gasteiger partial charge in [0.25, 0.3) is 5.91 Å². The summed E-state index contributed by atoms with van der Waals surface area (Å²) in [6.45, 7) is 7.20. The summed E-state index contributed by atoms with van der Waals surface area (Å²) in [5.41, 5.74) is 3.69. The minimum atomic E-state index is -0.108. The van der Waals surface area contributed by atoms with E-state index in [4.69, 9.17) is 0 Å². The van der Waals surface area contributed by atoms with Gasteiger partial charge in [-0.3, -0.25) is 19.6 Å². The van der Waals surface area contributed by atoms with Crippen LogP contribution in [0.5, 0.6) is 0 Å². The van der Waals surface area contributed by atoms with Crippen LogP contribution in [0.4, 0.5) is 10.5 Å². The van der Waals surface area contributed by atoms with Gasteiger partial charge in [-0.2, -0.15) is 0 Å². The van der Waals surface area contributed by atoms with Crippen molar-refractivity contribution in [2.24, 2.45) is 0 Å². The number of aromatic nitrogens is 1. The van der Waals surface area contributed by atoms with Gasteiger partial charge in [0.1, 0.15) is 0 Å². The molecule has 28 heavy (non-hydrogen) atoms. The van der Waals surface area contributed by atoms with Crippen LogP contribution in [-0.4, -0.2) is 66.0 Å². The second-order valence-electron chi connectivity index (χ2n) is 7.27. The van der Waals surface area contributed by atoms with Crippen LogP contribution in [0.15, 0.2) is 42.6 Å². The molecule has 7 nitrogen and oxygen atoms in total. The molecular weight excluding hydrogens is 354 g/mol. The van der Waals surface area contributed by atoms with Gasteiger partial charge in [-0.05, 0) is 36.8 Å². The van der Waals surface area contributed by atoms with E-state index >= 15 is 0 Å². The van der Waals surface area contributed by atoms with Crippen molar-refractivity contribution < 1.29 is 9.59 Å². The van der Waals surface area contributed by atoms with E-state index in [1.165, 1.54) is 5.56 Å². The number of piperazine rings is 1. The Morgan fingerprint density at radius 3 is 2.64 bits per heavy atom. The topological polar surface area (TPSA) is 68.8 Å². The van der Waals surface area contributed by atoms with Crippen molar-refractivity contribution in [3.8, 4) is 0 Å². The highest BCUT2D eigenvalue weighted by molar-refractivity contribution is 5.98. The Morgan fingerprint density at radius 1 is 1.11 bits per heavy atom. The quantitative estimate of drug-likeness (QED) is 0.881. The van der Waals surface area contributed by atoms with E-state index in [1.807, 2.05) is 41.4 Å². The molecule has 4 rings (SSSR count). The second kappa shape index (κ2) is 7.98. The SMILES string of the molecule is Cc1cccnc1CN1CCN(C(=O)c2cccc(N3CCNC3=O)c2)CC1. The summed E-state index contributed by atoms with van der Waals surface area (Å²) in [6, 6.07) is 11.3. The Hall–Kier alpha value is -2.93. The maximum Gasteiger partial charge on any atom is 0.321 e. The molecule has 2 aliphatic rings. The lowest BCUT2D eigenvalue weighted by Gasteiger charge is -2.34. The molecule has 1 aromatic carbocycles. The molecule has 7 heteroatoms. The molecule has 2 aliphatic heterocycles. The fraction of sp³-hybridized carbons (Fsp3) is 0.381. The molecule has 0 bridgehead atoms. The van der Waals surface area contributed by atoms with Crippen molar-refractivity contribution >= 4 is 17.6 Å². The van der Waals surface area contributed by atoms with E-state index in [0.717, 1.165) is 31.0 Å². The molecule has 3 amide bonds. The first-order chi connectivity index (χ1) is 13.6. The zero-order valence-corrected chi connectivity index (χ0v) is 16.1. The van der Waals surface area contributed by atoms with Crippen molar-refractivity contribution in [3.05, 3.63) is 59.4 Å². The third kappa shape index (κ3) is 3.84. The molecule has 0 spiro atoms. The Morgan fingerprint density at radius 2 is 1.93 bits per heavy atom. The van der Waals surface area contributed by atoms with Gasteiger partial charge in [-0.25, -0.2) is 4.79 Å². The lowest BCUT2D eigenvalue weighted by atomic mass is 10.1. The van der Waals surface area contributed by atoms with Crippen LogP contribution >= 0.6 is 0 Å². The number of urea groups is 1. The van der Waals surface area contributed by atoms with Crippen LogP contribution in [0, 0.1) is 6.92 Å². The van der Waals surface area contributed by atoms with Gasteiger partial charge in [-0.15, -0.1) is 0 Å². The van der Waals surface area contributed by atoms with Gasteiger partial charge in [0.15, 0.2) is 0 Å². The number of hydrogen-bond acceptors (Lipinski definition) is 4. The number of carbonyl (C=O) groups excluding carboxylic acids is 2. The molecule has 0 atom stereocenters. The standard InChI is InChI=1S/C21H25N5O2/c1-16-4-3-7-22-19(16)15-24-10-12-25(13-11-24)20(27)17-5-2-6-18(14-17)26-9-8-23-21(26)28/h2-7,14H,8-13,15H2,1H3,(H,23,28). The normalized spacial score (nSPS) is 17.7. The smallest absolute Gasteiger partial charge is 0.321 e. The minimum absolute atomic E-state index is 0.0233. The molecule has 0 saturated carbocycles. The number of nitrogens with one attached hydrogen (secondary N) is 1. The number of carbonyl (C=O) groups is 2. The maximum absolute atomic E-state index is 12.9. The first kappa shape index (κ1) is 18.4. The van der Waals surface area contributed by atoms with E-state index in [0.29, 0.717) is 31.7 Å². The number of benzene rings is 1. The third-order valence-corrected chi connectivity index (χ3v) is 5.41. The van der Waals surface area contributed by atoms with Crippen LogP contribution in [-0.2, 0) is 6.54 Å². The van der Waals surface area contributed by atoms with E-state index in [2.05, 4.69) is 28.2 Å². The van der Waals surface area contributed by atoms with Crippen LogP contribution in [0.1, 0.15) is 21.6 Å². The van der Waals surface area contributed by atoms with E-state index < -0.39 is 0 Å². The number of hydrogen-bond donors (Lipinski definition) is 1. The first-order valence-electron chi connectivity index (χ1n) is 9.69. The number of anilines is 1. The average molecular weight is 379 g/mol. The monoisotopic (exact) mass is 379 g/mol. The summed E-state index contributed by atoms with van der Waals surface area (Å²) in [5, 5.41) is 2.79. The summed E-state index contributed by atoms with van der Waals surface area (Å²) in [5.74, 6) is 0.0233. The summed E-state index contributed by atoms with van der Waals surface area (Å²) >= 11 is 0. The van der Waals surface area contributed by atoms with E-state index in [-0.39, 0.29) is 11.9 Å². The first-order valence-corrected chi connectivity index (χ1v) is 9.69. The van der Waals surface area contributed by atoms with Gasteiger partial charge < -0.3 is 10.2 Å². The summed E-state index contributed by atoms with van der Waals surface area (Å²) in [7, 11) is 0. The van der Waals surface area contributed by atoms with Crippen molar-refractivity contribution in [3.63, 3.8) is 0 Å². The van der Waals surface area contributed by atoms with Crippen LogP contribution < -0.4 is 10.2 Å². The Kier molecular flexibility index (Phi) is 5.25. The van der Waals surface area contributed by atoms with Gasteiger partial charge >= 0.3 is 6.03 Å². The van der Waals surface area contributed by atoms with Crippen LogP contribution in [0.3, 0.4) is 0 Å². The maximum atomic E-state index is 12.9. The van der Waals surface area contributed by atoms with Crippen molar-refractivity contribution in [1.29, 1.82) is 0 Å². The Labute approximate surface area is 164 Å². The zero-order valence-electron chi connectivity index (χ0n) is 16.1. The molecule has 0 unspecified atom stereocenters. The molecular formula is C21H25N5O2. The van der Waals surface area contributed by atoms with Crippen LogP contribution in [0.25, 0.3) is 0 Å². The Bertz CT molecular complexity index is 877. The zero-order chi connectivity index (χ0) is 19.5. The number of nitrogens with zero attached hydrogens (tertiary/aromatic N) is 4. The predicted octanol–water partition coefficient (Wildman–Crippen LogP) is 1.88. The van der Waals surface area contributed by atoms with Gasteiger partial charge in [0, 0.05) is 63.3 Å². The minimum Gasteiger partial charge on any atom is -0.336 e. The molecule has 146 valence electrons. The second-order valence-corrected chi connectivity index (χ2v) is 7.27. The average Bonchev–Trinajstić information content (AvgIpc) is 3.16. The molecule has 3 heterocycles. The fourth-order valence-corrected chi connectivity index (χ4v) is 3.71. The predicted molar refractivity (Wildman–Crippen MR) is 107 cm³/mol. The number of aryl methyl sites for hydroxylation is 1. The molecule has 2 saturated heterocycles. The molecule has 1 aromatic heterocycles. The number of amides is 3. The highest BCUT2D eigenvalue weighted by Crippen LogP contribution is 2.20. The number of rotatable bonds is 4. The summed E-state index contributed by atoms with van der Waals surface area (Å²) < 4.78 is 0. The fourth-order valence-electron chi connectivity index (χ4n) is 3.71. The van der Waals surface area contributed by atoms with E-state index in [9.17, 15) is 9.59 Å². The summed E-state index contributed by atoms with van der Waals surface area (Å²) in [4.78, 5) is 35.2. The highest BCUT2D eigenvalue weighted by Gasteiger charge is 2.25. The lowest BCUT2D eigenvalue weighted by Crippen LogP contribution is -2.48. The lowest BCUT2D eigenvalue weighted by molar-refractivity contribution is 0.0626. The highest BCUT2D eigenvalue weighted by atomic mass is 16.2. The van der Waals surface area contributed by atoms with Crippen molar-refractivity contribution in [1.82, 2.24) is 20.1 Å². The summed E-state index contributed by atoms with van der Waals surface area (Å²) in [6.07, 6.45) is 1.83.